The summed E-state index contributed by atoms with van der Waals surface area (Å²) >= 11 is 6.23. The van der Waals surface area contributed by atoms with Gasteiger partial charge in [0.25, 0.3) is 6.01 Å². The standard InChI is InChI=1S/C26H33ClN4O4S/c1-17(16-28-19-10-6-11-20(15-19)36(2,33)34)29-25(32)23(14-18-8-4-3-5-9-18)31-26-30-22-13-7-12-21(27)24(22)35-26/h6-7,10-13,15,17-18,23,28H,3-5,8-9,14,16H2,1-2H3,(H,29,32)(H,30,31). The molecule has 0 spiro atoms. The number of fused-ring (bicyclic) bond motifs is 1. The molecule has 1 heterocycles. The molecule has 0 radical (unpaired) electrons. The van der Waals surface area contributed by atoms with Crippen LogP contribution in [0.1, 0.15) is 45.4 Å². The summed E-state index contributed by atoms with van der Waals surface area (Å²) in [5, 5.41) is 9.97. The molecular formula is C26H33ClN4O4S. The maximum absolute atomic E-state index is 13.3. The molecule has 3 aromatic rings. The van der Waals surface area contributed by atoms with Gasteiger partial charge in [-0.3, -0.25) is 4.79 Å². The van der Waals surface area contributed by atoms with E-state index >= 15 is 0 Å². The summed E-state index contributed by atoms with van der Waals surface area (Å²) in [6, 6.07) is 11.6. The summed E-state index contributed by atoms with van der Waals surface area (Å²) < 4.78 is 29.5. The lowest BCUT2D eigenvalue weighted by Crippen LogP contribution is -2.46. The van der Waals surface area contributed by atoms with Crippen molar-refractivity contribution < 1.29 is 17.6 Å². The number of nitrogens with zero attached hydrogens (tertiary/aromatic N) is 1. The zero-order valence-electron chi connectivity index (χ0n) is 20.6. The van der Waals surface area contributed by atoms with Gasteiger partial charge in [-0.25, -0.2) is 8.42 Å². The summed E-state index contributed by atoms with van der Waals surface area (Å²) in [5.41, 5.74) is 1.81. The number of anilines is 2. The van der Waals surface area contributed by atoms with E-state index in [-0.39, 0.29) is 22.9 Å². The number of oxazole rings is 1. The molecule has 36 heavy (non-hydrogen) atoms. The van der Waals surface area contributed by atoms with E-state index in [1.165, 1.54) is 25.5 Å². The molecule has 10 heteroatoms. The zero-order valence-corrected chi connectivity index (χ0v) is 22.2. The molecule has 3 N–H and O–H groups in total. The van der Waals surface area contributed by atoms with Crippen molar-refractivity contribution in [1.82, 2.24) is 10.3 Å². The number of hydrogen-bond donors (Lipinski definition) is 3. The SMILES string of the molecule is CC(CNc1cccc(S(C)(=O)=O)c1)NC(=O)C(CC1CCCCC1)Nc1nc2cccc(Cl)c2o1. The Bertz CT molecular complexity index is 1300. The van der Waals surface area contributed by atoms with Gasteiger partial charge in [-0.05, 0) is 49.6 Å². The third-order valence-corrected chi connectivity index (χ3v) is 7.95. The Labute approximate surface area is 217 Å². The lowest BCUT2D eigenvalue weighted by atomic mass is 9.84. The number of carbonyl (C=O) groups excluding carboxylic acids is 1. The highest BCUT2D eigenvalue weighted by Gasteiger charge is 2.27. The fourth-order valence-corrected chi connectivity index (χ4v) is 5.49. The first-order chi connectivity index (χ1) is 17.2. The van der Waals surface area contributed by atoms with Gasteiger partial charge in [-0.1, -0.05) is 55.8 Å². The first-order valence-electron chi connectivity index (χ1n) is 12.3. The largest absolute Gasteiger partial charge is 0.422 e. The third kappa shape index (κ3) is 6.91. The summed E-state index contributed by atoms with van der Waals surface area (Å²) in [6.07, 6.45) is 7.70. The summed E-state index contributed by atoms with van der Waals surface area (Å²) in [4.78, 5) is 18.1. The second-order valence-corrected chi connectivity index (χ2v) is 12.1. The molecule has 0 aliphatic heterocycles. The van der Waals surface area contributed by atoms with Crippen molar-refractivity contribution in [1.29, 1.82) is 0 Å². The molecule has 2 unspecified atom stereocenters. The van der Waals surface area contributed by atoms with Crippen LogP contribution in [0.5, 0.6) is 0 Å². The van der Waals surface area contributed by atoms with Gasteiger partial charge in [0.15, 0.2) is 15.4 Å². The van der Waals surface area contributed by atoms with Crippen molar-refractivity contribution >= 4 is 50.1 Å². The molecule has 1 amide bonds. The van der Waals surface area contributed by atoms with Crippen molar-refractivity contribution in [2.75, 3.05) is 23.4 Å². The van der Waals surface area contributed by atoms with Gasteiger partial charge in [-0.15, -0.1) is 0 Å². The predicted octanol–water partition coefficient (Wildman–Crippen LogP) is 5.25. The van der Waals surface area contributed by atoms with Crippen molar-refractivity contribution in [2.24, 2.45) is 5.92 Å². The number of aromatic nitrogens is 1. The molecule has 194 valence electrons. The molecule has 1 aromatic heterocycles. The van der Waals surface area contributed by atoms with Crippen LogP contribution in [0.15, 0.2) is 51.8 Å². The highest BCUT2D eigenvalue weighted by atomic mass is 35.5. The Morgan fingerprint density at radius 3 is 2.64 bits per heavy atom. The molecule has 0 saturated heterocycles. The van der Waals surface area contributed by atoms with Crippen LogP contribution in [-0.4, -0.2) is 44.2 Å². The molecule has 2 atom stereocenters. The molecular weight excluding hydrogens is 500 g/mol. The van der Waals surface area contributed by atoms with Crippen LogP contribution < -0.4 is 16.0 Å². The van der Waals surface area contributed by atoms with E-state index in [1.807, 2.05) is 19.1 Å². The number of para-hydroxylation sites is 1. The number of amides is 1. The Kier molecular flexibility index (Phi) is 8.41. The molecule has 1 fully saturated rings. The fraction of sp³-hybridized carbons (Fsp3) is 0.462. The van der Waals surface area contributed by atoms with E-state index in [2.05, 4.69) is 20.9 Å². The molecule has 1 saturated carbocycles. The van der Waals surface area contributed by atoms with E-state index in [0.717, 1.165) is 12.8 Å². The second kappa shape index (κ2) is 11.5. The third-order valence-electron chi connectivity index (χ3n) is 6.54. The van der Waals surface area contributed by atoms with E-state index in [0.29, 0.717) is 40.7 Å². The Morgan fingerprint density at radius 1 is 1.17 bits per heavy atom. The molecule has 8 nitrogen and oxygen atoms in total. The minimum atomic E-state index is -3.29. The number of hydrogen-bond acceptors (Lipinski definition) is 7. The Balaban J connectivity index is 1.42. The van der Waals surface area contributed by atoms with Crippen molar-refractivity contribution in [3.05, 3.63) is 47.5 Å². The molecule has 2 aromatic carbocycles. The number of sulfone groups is 1. The molecule has 1 aliphatic carbocycles. The van der Waals surface area contributed by atoms with E-state index < -0.39 is 15.9 Å². The van der Waals surface area contributed by atoms with E-state index in [1.54, 1.807) is 30.3 Å². The zero-order chi connectivity index (χ0) is 25.7. The molecule has 4 rings (SSSR count). The fourth-order valence-electron chi connectivity index (χ4n) is 4.62. The topological polar surface area (TPSA) is 113 Å². The van der Waals surface area contributed by atoms with Gasteiger partial charge in [0.05, 0.1) is 9.92 Å². The lowest BCUT2D eigenvalue weighted by Gasteiger charge is -2.27. The average molecular weight is 533 g/mol. The maximum atomic E-state index is 13.3. The van der Waals surface area contributed by atoms with Gasteiger partial charge < -0.3 is 20.4 Å². The van der Waals surface area contributed by atoms with Gasteiger partial charge in [-0.2, -0.15) is 4.98 Å². The molecule has 0 bridgehead atoms. The Hall–Kier alpha value is -2.78. The summed E-state index contributed by atoms with van der Waals surface area (Å²) in [5.74, 6) is 0.329. The summed E-state index contributed by atoms with van der Waals surface area (Å²) in [6.45, 7) is 2.34. The minimum Gasteiger partial charge on any atom is -0.422 e. The first-order valence-corrected chi connectivity index (χ1v) is 14.6. The summed E-state index contributed by atoms with van der Waals surface area (Å²) in [7, 11) is -3.29. The van der Waals surface area contributed by atoms with Gasteiger partial charge in [0, 0.05) is 24.5 Å². The van der Waals surface area contributed by atoms with Crippen LogP contribution in [0, 0.1) is 5.92 Å². The molecule has 1 aliphatic rings. The number of halogens is 1. The van der Waals surface area contributed by atoms with Crippen LogP contribution in [0.4, 0.5) is 11.7 Å². The number of rotatable bonds is 10. The van der Waals surface area contributed by atoms with Gasteiger partial charge >= 0.3 is 0 Å². The van der Waals surface area contributed by atoms with Gasteiger partial charge in [0.2, 0.25) is 5.91 Å². The van der Waals surface area contributed by atoms with E-state index in [4.69, 9.17) is 16.0 Å². The van der Waals surface area contributed by atoms with Crippen LogP contribution in [0.2, 0.25) is 5.02 Å². The number of carbonyl (C=O) groups is 1. The number of benzene rings is 2. The van der Waals surface area contributed by atoms with Crippen LogP contribution in [0.25, 0.3) is 11.1 Å². The van der Waals surface area contributed by atoms with Crippen molar-refractivity contribution in [3.63, 3.8) is 0 Å². The van der Waals surface area contributed by atoms with E-state index in [9.17, 15) is 13.2 Å². The highest BCUT2D eigenvalue weighted by molar-refractivity contribution is 7.90. The monoisotopic (exact) mass is 532 g/mol. The second-order valence-electron chi connectivity index (χ2n) is 9.63. The minimum absolute atomic E-state index is 0.131. The van der Waals surface area contributed by atoms with Crippen molar-refractivity contribution in [3.8, 4) is 0 Å². The van der Waals surface area contributed by atoms with Crippen LogP contribution in [0.3, 0.4) is 0 Å². The quantitative estimate of drug-likeness (QED) is 0.326. The van der Waals surface area contributed by atoms with Crippen molar-refractivity contribution in [2.45, 2.75) is 62.4 Å². The smallest absolute Gasteiger partial charge is 0.296 e. The average Bonchev–Trinajstić information content (AvgIpc) is 3.27. The van der Waals surface area contributed by atoms with Crippen LogP contribution >= 0.6 is 11.6 Å². The highest BCUT2D eigenvalue weighted by Crippen LogP contribution is 2.30. The first kappa shape index (κ1) is 26.3. The Morgan fingerprint density at radius 2 is 1.92 bits per heavy atom. The lowest BCUT2D eigenvalue weighted by molar-refractivity contribution is -0.122. The van der Waals surface area contributed by atoms with Gasteiger partial charge in [0.1, 0.15) is 11.6 Å². The normalized spacial score (nSPS) is 16.4. The number of nitrogens with one attached hydrogen (secondary N) is 3. The predicted molar refractivity (Wildman–Crippen MR) is 143 cm³/mol. The maximum Gasteiger partial charge on any atom is 0.296 e. The van der Waals surface area contributed by atoms with Crippen LogP contribution in [-0.2, 0) is 14.6 Å².